The molecule has 9 rings (SSSR count). The molecule has 8 bridgehead atoms. The van der Waals surface area contributed by atoms with Crippen LogP contribution in [-0.2, 0) is 17.1 Å². The molecule has 0 saturated carbocycles. The van der Waals surface area contributed by atoms with E-state index in [0.29, 0.717) is 0 Å². The second-order valence-corrected chi connectivity index (χ2v) is 13.5. The summed E-state index contributed by atoms with van der Waals surface area (Å²) >= 11 is 0. The summed E-state index contributed by atoms with van der Waals surface area (Å²) in [6.07, 6.45) is 29.5. The van der Waals surface area contributed by atoms with Gasteiger partial charge in [0, 0.05) is 78.1 Å². The number of hydrogen-bond donors (Lipinski definition) is 2. The number of hydrogen-bond acceptors (Lipinski definition) is 2. The first-order valence-corrected chi connectivity index (χ1v) is 18.0. The first-order chi connectivity index (χ1) is 27.5. The van der Waals surface area contributed by atoms with Gasteiger partial charge in [-0.25, -0.2) is 9.97 Å². The minimum absolute atomic E-state index is 0. The number of benzene rings is 4. The van der Waals surface area contributed by atoms with Gasteiger partial charge in [-0.15, -0.1) is 25.7 Å². The molecular weight excluding hydrogens is 736 g/mol. The van der Waals surface area contributed by atoms with Gasteiger partial charge in [-0.3, -0.25) is 0 Å². The van der Waals surface area contributed by atoms with Gasteiger partial charge in [-0.2, -0.15) is 0 Å². The smallest absolute Gasteiger partial charge is 0.0815 e. The van der Waals surface area contributed by atoms with Crippen LogP contribution in [0.25, 0.3) is 79.2 Å². The van der Waals surface area contributed by atoms with Crippen molar-refractivity contribution in [3.63, 3.8) is 0 Å². The van der Waals surface area contributed by atoms with Gasteiger partial charge < -0.3 is 9.97 Å². The number of rotatable bonds is 4. The monoisotopic (exact) mass is 765 g/mol. The van der Waals surface area contributed by atoms with Gasteiger partial charge in [0.1, 0.15) is 0 Å². The molecule has 7 aromatic rings. The molecule has 4 aromatic carbocycles. The molecule has 0 fully saturated rings. The average Bonchev–Trinajstić information content (AvgIpc) is 4.06. The number of nitrogens with zero attached hydrogens (tertiary/aromatic N) is 2. The van der Waals surface area contributed by atoms with Crippen LogP contribution < -0.4 is 0 Å². The van der Waals surface area contributed by atoms with Crippen LogP contribution in [0, 0.1) is 49.4 Å². The van der Waals surface area contributed by atoms with Crippen LogP contribution in [0.1, 0.15) is 50.6 Å². The van der Waals surface area contributed by atoms with Crippen LogP contribution in [-0.4, -0.2) is 19.9 Å². The Morgan fingerprint density at radius 1 is 0.421 bits per heavy atom. The van der Waals surface area contributed by atoms with Crippen molar-refractivity contribution in [2.24, 2.45) is 0 Å². The molecular formula is C52H30MnN4. The SMILES string of the molecule is C#Cc1ccc(C2=Cc3cc4ccc(cc5nc(cc6[nH]c(c(-c7ccc(C#C)cc7)c2n3)c(-c2ccc(C#C)cc2)c6-c2ccc(C#C)cc2)C=C5)[nH]4)cc1.[Mn]. The van der Waals surface area contributed by atoms with Gasteiger partial charge >= 0.3 is 0 Å². The van der Waals surface area contributed by atoms with E-state index in [1.165, 1.54) is 0 Å². The molecule has 4 nitrogen and oxygen atoms in total. The zero-order valence-corrected chi connectivity index (χ0v) is 31.6. The number of aromatic amines is 2. The van der Waals surface area contributed by atoms with Gasteiger partial charge in [0.2, 0.25) is 0 Å². The van der Waals surface area contributed by atoms with E-state index in [2.05, 4.69) is 88.3 Å². The van der Waals surface area contributed by atoms with Crippen LogP contribution in [0.2, 0.25) is 0 Å². The summed E-state index contributed by atoms with van der Waals surface area (Å²) in [6, 6.07) is 42.4. The number of aromatic nitrogens is 4. The average molecular weight is 766 g/mol. The Kier molecular flexibility index (Phi) is 9.64. The Hall–Kier alpha value is -7.76. The standard InChI is InChI=1S/C52H30N4.Mn/c1-5-33-9-17-37(18-10-33)46-31-45-30-43-26-25-41(53-43)29-42-27-28-44(54-42)32-47-48(38-19-11-34(6-2)12-20-38)49(39-21-13-35(7-3)14-22-39)52(56-47)50(51(46)55-45)40-23-15-36(8-4)16-24-40;/h1-4,9-32,53,56H;. The quantitative estimate of drug-likeness (QED) is 0.138. The molecule has 2 aliphatic rings. The van der Waals surface area contributed by atoms with Crippen molar-refractivity contribution in [3.05, 3.63) is 178 Å². The fraction of sp³-hybridized carbons (Fsp3) is 0. The van der Waals surface area contributed by atoms with Crippen molar-refractivity contribution in [1.29, 1.82) is 0 Å². The zero-order valence-electron chi connectivity index (χ0n) is 30.4. The number of H-pyrrole nitrogens is 2. The molecule has 0 aliphatic carbocycles. The van der Waals surface area contributed by atoms with E-state index in [0.717, 1.165) is 112 Å². The number of terminal acetylenes is 4. The Labute approximate surface area is 342 Å². The van der Waals surface area contributed by atoms with E-state index in [4.69, 9.17) is 35.7 Å². The van der Waals surface area contributed by atoms with Crippen molar-refractivity contribution < 1.29 is 17.1 Å². The molecule has 3 aromatic heterocycles. The van der Waals surface area contributed by atoms with Crippen LogP contribution in [0.15, 0.2) is 127 Å². The predicted octanol–water partition coefficient (Wildman–Crippen LogP) is 11.0. The maximum absolute atomic E-state index is 5.87. The Morgan fingerprint density at radius 3 is 1.37 bits per heavy atom. The van der Waals surface area contributed by atoms with Gasteiger partial charge in [0.25, 0.3) is 0 Å². The van der Waals surface area contributed by atoms with Crippen molar-refractivity contribution in [1.82, 2.24) is 19.9 Å². The minimum Gasteiger partial charge on any atom is -0.355 e. The van der Waals surface area contributed by atoms with Gasteiger partial charge in [0.15, 0.2) is 0 Å². The summed E-state index contributed by atoms with van der Waals surface area (Å²) < 4.78 is 0. The Bertz CT molecular complexity index is 3130. The van der Waals surface area contributed by atoms with Gasteiger partial charge in [-0.1, -0.05) is 72.2 Å². The third-order valence-electron chi connectivity index (χ3n) is 10.0. The summed E-state index contributed by atoms with van der Waals surface area (Å²) in [7, 11) is 0. The zero-order chi connectivity index (χ0) is 38.2. The van der Waals surface area contributed by atoms with Gasteiger partial charge in [0.05, 0.1) is 28.3 Å². The third kappa shape index (κ3) is 6.90. The van der Waals surface area contributed by atoms with Crippen LogP contribution >= 0.6 is 0 Å². The summed E-state index contributed by atoms with van der Waals surface area (Å²) in [4.78, 5) is 17.9. The first kappa shape index (κ1) is 36.2. The molecule has 1 radical (unpaired) electrons. The number of nitrogens with one attached hydrogen (secondary N) is 2. The van der Waals surface area contributed by atoms with E-state index < -0.39 is 0 Å². The first-order valence-electron chi connectivity index (χ1n) is 18.0. The molecule has 5 heteroatoms. The maximum Gasteiger partial charge on any atom is 0.0815 e. The summed E-state index contributed by atoms with van der Waals surface area (Å²) in [5, 5.41) is 0. The van der Waals surface area contributed by atoms with E-state index in [9.17, 15) is 0 Å². The molecule has 0 saturated heterocycles. The molecule has 0 unspecified atom stereocenters. The van der Waals surface area contributed by atoms with Gasteiger partial charge in [-0.05, 0) is 119 Å². The van der Waals surface area contributed by atoms with Crippen LogP contribution in [0.3, 0.4) is 0 Å². The molecule has 265 valence electrons. The van der Waals surface area contributed by atoms with E-state index in [1.807, 2.05) is 91.0 Å². The molecule has 2 N–H and O–H groups in total. The molecule has 2 aliphatic heterocycles. The Balaban J connectivity index is 0.00000455. The molecule has 57 heavy (non-hydrogen) atoms. The van der Waals surface area contributed by atoms with Crippen molar-refractivity contribution in [2.75, 3.05) is 0 Å². The molecule has 5 heterocycles. The summed E-state index contributed by atoms with van der Waals surface area (Å²) in [6.45, 7) is 0. The van der Waals surface area contributed by atoms with Crippen LogP contribution in [0.5, 0.6) is 0 Å². The normalized spacial score (nSPS) is 11.3. The summed E-state index contributed by atoms with van der Waals surface area (Å²) in [5.74, 6) is 11.1. The van der Waals surface area contributed by atoms with E-state index >= 15 is 0 Å². The minimum atomic E-state index is 0. The summed E-state index contributed by atoms with van der Waals surface area (Å²) in [5.41, 5.74) is 17.5. The third-order valence-corrected chi connectivity index (χ3v) is 10.0. The molecule has 0 atom stereocenters. The number of fused-ring (bicyclic) bond motifs is 8. The molecule has 0 spiro atoms. The largest absolute Gasteiger partial charge is 0.355 e. The Morgan fingerprint density at radius 2 is 0.860 bits per heavy atom. The van der Waals surface area contributed by atoms with Crippen LogP contribution in [0.4, 0.5) is 0 Å². The van der Waals surface area contributed by atoms with E-state index in [1.54, 1.807) is 0 Å². The van der Waals surface area contributed by atoms with Crippen molar-refractivity contribution in [2.45, 2.75) is 0 Å². The van der Waals surface area contributed by atoms with Crippen molar-refractivity contribution in [3.8, 4) is 82.8 Å². The fourth-order valence-corrected chi connectivity index (χ4v) is 7.29. The second kappa shape index (κ2) is 15.2. The predicted molar refractivity (Wildman–Crippen MR) is 231 cm³/mol. The second-order valence-electron chi connectivity index (χ2n) is 13.5. The topological polar surface area (TPSA) is 57.4 Å². The maximum atomic E-state index is 5.87. The molecule has 0 amide bonds. The fourth-order valence-electron chi connectivity index (χ4n) is 7.29. The van der Waals surface area contributed by atoms with Crippen molar-refractivity contribution >= 4 is 45.9 Å². The van der Waals surface area contributed by atoms with E-state index in [-0.39, 0.29) is 17.1 Å².